The summed E-state index contributed by atoms with van der Waals surface area (Å²) in [7, 11) is 1.70. The molecule has 1 nitrogen and oxygen atoms in total. The van der Waals surface area contributed by atoms with Crippen LogP contribution in [-0.4, -0.2) is 13.0 Å². The topological polar surface area (TPSA) is 9.23 Å². The van der Waals surface area contributed by atoms with E-state index in [2.05, 4.69) is 31.2 Å². The highest BCUT2D eigenvalue weighted by Crippen LogP contribution is 2.29. The molecular formula is C16H17ClO. The monoisotopic (exact) mass is 260 g/mol. The van der Waals surface area contributed by atoms with Crippen LogP contribution in [0.1, 0.15) is 18.9 Å². The second kappa shape index (κ2) is 5.92. The quantitative estimate of drug-likeness (QED) is 0.712. The number of allylic oxidation sites excluding steroid dienone is 1. The molecule has 0 atom stereocenters. The van der Waals surface area contributed by atoms with Gasteiger partial charge in [-0.3, -0.25) is 0 Å². The standard InChI is InChI=1S/C16H17ClO/c1-3-12(11-17)10-13-8-9-16(18-2)15-7-5-4-6-14(13)15/h4-10H,3,11H2,1-2H3. The van der Waals surface area contributed by atoms with Gasteiger partial charge in [0.15, 0.2) is 0 Å². The first-order valence-corrected chi connectivity index (χ1v) is 6.64. The zero-order valence-electron chi connectivity index (χ0n) is 10.7. The Hall–Kier alpha value is -1.47. The summed E-state index contributed by atoms with van der Waals surface area (Å²) < 4.78 is 5.39. The van der Waals surface area contributed by atoms with E-state index >= 15 is 0 Å². The number of halogens is 1. The fraction of sp³-hybridized carbons (Fsp3) is 0.250. The average Bonchev–Trinajstić information content (AvgIpc) is 2.44. The van der Waals surface area contributed by atoms with Crippen molar-refractivity contribution in [3.05, 3.63) is 47.5 Å². The van der Waals surface area contributed by atoms with Crippen molar-refractivity contribution < 1.29 is 4.74 Å². The predicted octanol–water partition coefficient (Wildman–Crippen LogP) is 4.88. The predicted molar refractivity (Wildman–Crippen MR) is 79.5 cm³/mol. The Kier molecular flexibility index (Phi) is 4.27. The number of benzene rings is 2. The Bertz CT molecular complexity index is 566. The van der Waals surface area contributed by atoms with Crippen LogP contribution >= 0.6 is 11.6 Å². The van der Waals surface area contributed by atoms with Crippen molar-refractivity contribution in [2.45, 2.75) is 13.3 Å². The fourth-order valence-electron chi connectivity index (χ4n) is 2.05. The van der Waals surface area contributed by atoms with Gasteiger partial charge >= 0.3 is 0 Å². The molecule has 0 fully saturated rings. The molecule has 2 aromatic carbocycles. The second-order valence-corrected chi connectivity index (χ2v) is 4.46. The van der Waals surface area contributed by atoms with Crippen LogP contribution in [0.3, 0.4) is 0 Å². The van der Waals surface area contributed by atoms with Gasteiger partial charge < -0.3 is 4.74 Å². The summed E-state index contributed by atoms with van der Waals surface area (Å²) in [6.07, 6.45) is 3.15. The SMILES string of the molecule is CCC(=Cc1ccc(OC)c2ccccc12)CCl. The van der Waals surface area contributed by atoms with Crippen molar-refractivity contribution in [3.63, 3.8) is 0 Å². The number of hydrogen-bond donors (Lipinski definition) is 0. The lowest BCUT2D eigenvalue weighted by atomic mass is 10.0. The third-order valence-corrected chi connectivity index (χ3v) is 3.47. The number of ether oxygens (including phenoxy) is 1. The second-order valence-electron chi connectivity index (χ2n) is 4.19. The number of alkyl halides is 1. The molecule has 0 N–H and O–H groups in total. The average molecular weight is 261 g/mol. The van der Waals surface area contributed by atoms with E-state index in [1.165, 1.54) is 16.5 Å². The lowest BCUT2D eigenvalue weighted by molar-refractivity contribution is 0.420. The molecular weight excluding hydrogens is 244 g/mol. The van der Waals surface area contributed by atoms with Crippen molar-refractivity contribution in [1.29, 1.82) is 0 Å². The molecule has 0 saturated carbocycles. The van der Waals surface area contributed by atoms with Crippen LogP contribution in [0.5, 0.6) is 5.75 Å². The van der Waals surface area contributed by atoms with E-state index in [0.29, 0.717) is 5.88 Å². The van der Waals surface area contributed by atoms with E-state index in [1.807, 2.05) is 18.2 Å². The van der Waals surface area contributed by atoms with Gasteiger partial charge in [0.05, 0.1) is 7.11 Å². The lowest BCUT2D eigenvalue weighted by Crippen LogP contribution is -1.88. The molecule has 0 saturated heterocycles. The molecule has 0 aromatic heterocycles. The Labute approximate surface area is 113 Å². The van der Waals surface area contributed by atoms with Crippen LogP contribution in [0.25, 0.3) is 16.8 Å². The molecule has 2 aromatic rings. The fourth-order valence-corrected chi connectivity index (χ4v) is 2.32. The maximum atomic E-state index is 5.93. The van der Waals surface area contributed by atoms with Gasteiger partial charge in [-0.2, -0.15) is 0 Å². The number of hydrogen-bond acceptors (Lipinski definition) is 1. The lowest BCUT2D eigenvalue weighted by Gasteiger charge is -2.09. The van der Waals surface area contributed by atoms with Gasteiger partial charge in [-0.25, -0.2) is 0 Å². The maximum absolute atomic E-state index is 5.93. The summed E-state index contributed by atoms with van der Waals surface area (Å²) in [5, 5.41) is 2.34. The van der Waals surface area contributed by atoms with Gasteiger partial charge in [-0.1, -0.05) is 48.9 Å². The van der Waals surface area contributed by atoms with Crippen molar-refractivity contribution in [2.75, 3.05) is 13.0 Å². The van der Waals surface area contributed by atoms with E-state index in [4.69, 9.17) is 16.3 Å². The smallest absolute Gasteiger partial charge is 0.126 e. The van der Waals surface area contributed by atoms with E-state index in [1.54, 1.807) is 7.11 Å². The summed E-state index contributed by atoms with van der Waals surface area (Å²) in [4.78, 5) is 0. The Morgan fingerprint density at radius 1 is 1.17 bits per heavy atom. The van der Waals surface area contributed by atoms with E-state index < -0.39 is 0 Å². The molecule has 0 amide bonds. The molecule has 0 aliphatic heterocycles. The summed E-state index contributed by atoms with van der Waals surface area (Å²) >= 11 is 5.93. The minimum Gasteiger partial charge on any atom is -0.496 e. The zero-order chi connectivity index (χ0) is 13.0. The third-order valence-electron chi connectivity index (χ3n) is 3.12. The molecule has 0 spiro atoms. The van der Waals surface area contributed by atoms with Crippen LogP contribution in [0.2, 0.25) is 0 Å². The zero-order valence-corrected chi connectivity index (χ0v) is 11.5. The van der Waals surface area contributed by atoms with E-state index in [9.17, 15) is 0 Å². The molecule has 18 heavy (non-hydrogen) atoms. The molecule has 0 unspecified atom stereocenters. The minimum absolute atomic E-state index is 0.580. The van der Waals surface area contributed by atoms with E-state index in [0.717, 1.165) is 17.6 Å². The highest BCUT2D eigenvalue weighted by Gasteiger charge is 2.04. The third kappa shape index (κ3) is 2.51. The normalized spacial score (nSPS) is 11.8. The Balaban J connectivity index is 2.63. The summed E-state index contributed by atoms with van der Waals surface area (Å²) in [6.45, 7) is 2.12. The van der Waals surface area contributed by atoms with Gasteiger partial charge in [-0.15, -0.1) is 11.6 Å². The van der Waals surface area contributed by atoms with Crippen molar-refractivity contribution in [2.24, 2.45) is 0 Å². The van der Waals surface area contributed by atoms with Crippen LogP contribution < -0.4 is 4.74 Å². The van der Waals surface area contributed by atoms with Gasteiger partial charge in [-0.05, 0) is 23.4 Å². The number of methoxy groups -OCH3 is 1. The summed E-state index contributed by atoms with van der Waals surface area (Å²) in [5.74, 6) is 1.49. The van der Waals surface area contributed by atoms with Crippen molar-refractivity contribution in [3.8, 4) is 5.75 Å². The minimum atomic E-state index is 0.580. The molecule has 0 radical (unpaired) electrons. The van der Waals surface area contributed by atoms with Crippen LogP contribution in [-0.2, 0) is 0 Å². The Morgan fingerprint density at radius 2 is 1.89 bits per heavy atom. The van der Waals surface area contributed by atoms with Crippen molar-refractivity contribution >= 4 is 28.4 Å². The molecule has 0 aliphatic carbocycles. The number of fused-ring (bicyclic) bond motifs is 1. The van der Waals surface area contributed by atoms with Gasteiger partial charge in [0.25, 0.3) is 0 Å². The van der Waals surface area contributed by atoms with E-state index in [-0.39, 0.29) is 0 Å². The van der Waals surface area contributed by atoms with Crippen molar-refractivity contribution in [1.82, 2.24) is 0 Å². The Morgan fingerprint density at radius 3 is 2.50 bits per heavy atom. The first-order chi connectivity index (χ1) is 8.80. The maximum Gasteiger partial charge on any atom is 0.126 e. The highest BCUT2D eigenvalue weighted by atomic mass is 35.5. The first kappa shape index (κ1) is 13.0. The molecule has 94 valence electrons. The first-order valence-electron chi connectivity index (χ1n) is 6.11. The summed E-state index contributed by atoms with van der Waals surface area (Å²) in [6, 6.07) is 12.4. The molecule has 0 aliphatic rings. The van der Waals surface area contributed by atoms with Gasteiger partial charge in [0.1, 0.15) is 5.75 Å². The molecule has 2 heteroatoms. The highest BCUT2D eigenvalue weighted by molar-refractivity contribution is 6.19. The van der Waals surface area contributed by atoms with Crippen LogP contribution in [0.15, 0.2) is 42.0 Å². The number of rotatable bonds is 4. The molecule has 0 heterocycles. The summed E-state index contributed by atoms with van der Waals surface area (Å²) in [5.41, 5.74) is 2.44. The van der Waals surface area contributed by atoms with Gasteiger partial charge in [0, 0.05) is 11.3 Å². The molecule has 0 bridgehead atoms. The largest absolute Gasteiger partial charge is 0.496 e. The van der Waals surface area contributed by atoms with Crippen LogP contribution in [0.4, 0.5) is 0 Å². The van der Waals surface area contributed by atoms with Gasteiger partial charge in [0.2, 0.25) is 0 Å². The molecule has 2 rings (SSSR count). The van der Waals surface area contributed by atoms with Crippen LogP contribution in [0, 0.1) is 0 Å².